The van der Waals surface area contributed by atoms with Gasteiger partial charge in [0.1, 0.15) is 12.3 Å². The lowest BCUT2D eigenvalue weighted by Gasteiger charge is -2.18. The second kappa shape index (κ2) is 9.39. The van der Waals surface area contributed by atoms with Crippen molar-refractivity contribution in [2.24, 2.45) is 0 Å². The Morgan fingerprint density at radius 1 is 1.06 bits per heavy atom. The highest BCUT2D eigenvalue weighted by atomic mass is 32.2. The second-order valence-corrected chi connectivity index (χ2v) is 9.14. The number of carbonyl (C=O) groups is 3. The van der Waals surface area contributed by atoms with E-state index in [2.05, 4.69) is 26.1 Å². The van der Waals surface area contributed by atoms with Crippen molar-refractivity contribution in [3.63, 3.8) is 0 Å². The molecule has 2 aromatic rings. The molecule has 1 heterocycles. The molecule has 1 fully saturated rings. The lowest BCUT2D eigenvalue weighted by atomic mass is 9.87. The number of nitrogens with one attached hydrogen (secondary N) is 1. The third-order valence-corrected chi connectivity index (χ3v) is 5.61. The van der Waals surface area contributed by atoms with Crippen LogP contribution in [-0.2, 0) is 15.0 Å². The van der Waals surface area contributed by atoms with Gasteiger partial charge in [-0.15, -0.1) is 0 Å². The number of hydrogen-bond acceptors (Lipinski definition) is 5. The van der Waals surface area contributed by atoms with Gasteiger partial charge in [-0.25, -0.2) is 0 Å². The van der Waals surface area contributed by atoms with E-state index in [9.17, 15) is 14.4 Å². The number of rotatable bonds is 6. The first kappa shape index (κ1) is 22.6. The Labute approximate surface area is 186 Å². The SMILES string of the molecule is CCOc1ccc(NC(=O)CN2C(=O)S/C(=C\c3ccc(C(C)(C)C)cc3)C2=O)cc1. The molecule has 1 aliphatic rings. The molecular formula is C24H26N2O4S. The molecule has 0 bridgehead atoms. The molecule has 7 heteroatoms. The fraction of sp³-hybridized carbons (Fsp3) is 0.292. The lowest BCUT2D eigenvalue weighted by molar-refractivity contribution is -0.127. The van der Waals surface area contributed by atoms with Crippen LogP contribution in [-0.4, -0.2) is 35.1 Å². The highest BCUT2D eigenvalue weighted by molar-refractivity contribution is 8.18. The second-order valence-electron chi connectivity index (χ2n) is 8.15. The molecule has 3 amide bonds. The summed E-state index contributed by atoms with van der Waals surface area (Å²) in [5.74, 6) is -0.203. The summed E-state index contributed by atoms with van der Waals surface area (Å²) in [7, 11) is 0. The summed E-state index contributed by atoms with van der Waals surface area (Å²) in [6, 6.07) is 14.8. The van der Waals surface area contributed by atoms with Crippen molar-refractivity contribution in [2.75, 3.05) is 18.5 Å². The third kappa shape index (κ3) is 5.76. The zero-order valence-electron chi connectivity index (χ0n) is 18.1. The number of amides is 3. The molecular weight excluding hydrogens is 412 g/mol. The maximum absolute atomic E-state index is 12.7. The number of benzene rings is 2. The van der Waals surface area contributed by atoms with Crippen molar-refractivity contribution < 1.29 is 19.1 Å². The molecule has 1 N–H and O–H groups in total. The molecule has 31 heavy (non-hydrogen) atoms. The first-order chi connectivity index (χ1) is 14.7. The minimum atomic E-state index is -0.461. The molecule has 162 valence electrons. The van der Waals surface area contributed by atoms with Crippen LogP contribution < -0.4 is 10.1 Å². The van der Waals surface area contributed by atoms with Gasteiger partial charge in [-0.2, -0.15) is 0 Å². The monoisotopic (exact) mass is 438 g/mol. The zero-order valence-corrected chi connectivity index (χ0v) is 18.9. The first-order valence-electron chi connectivity index (χ1n) is 10.1. The van der Waals surface area contributed by atoms with E-state index in [0.717, 1.165) is 22.2 Å². The van der Waals surface area contributed by atoms with E-state index in [4.69, 9.17) is 4.74 Å². The smallest absolute Gasteiger partial charge is 0.294 e. The predicted octanol–water partition coefficient (Wildman–Crippen LogP) is 5.06. The number of imide groups is 1. The fourth-order valence-electron chi connectivity index (χ4n) is 3.01. The molecule has 0 aliphatic carbocycles. The van der Waals surface area contributed by atoms with Gasteiger partial charge in [-0.3, -0.25) is 19.3 Å². The van der Waals surface area contributed by atoms with Gasteiger partial charge in [0, 0.05) is 5.69 Å². The van der Waals surface area contributed by atoms with E-state index in [1.165, 1.54) is 5.56 Å². The van der Waals surface area contributed by atoms with E-state index in [-0.39, 0.29) is 12.0 Å². The van der Waals surface area contributed by atoms with Crippen molar-refractivity contribution in [3.05, 3.63) is 64.6 Å². The van der Waals surface area contributed by atoms with Crippen LogP contribution in [0.4, 0.5) is 10.5 Å². The van der Waals surface area contributed by atoms with Crippen molar-refractivity contribution in [3.8, 4) is 5.75 Å². The summed E-state index contributed by atoms with van der Waals surface area (Å²) >= 11 is 0.844. The van der Waals surface area contributed by atoms with E-state index in [1.807, 2.05) is 31.2 Å². The van der Waals surface area contributed by atoms with Gasteiger partial charge in [0.2, 0.25) is 5.91 Å². The number of anilines is 1. The quantitative estimate of drug-likeness (QED) is 0.638. The van der Waals surface area contributed by atoms with Gasteiger partial charge < -0.3 is 10.1 Å². The van der Waals surface area contributed by atoms with Gasteiger partial charge in [0.15, 0.2) is 0 Å². The van der Waals surface area contributed by atoms with Crippen LogP contribution in [0.3, 0.4) is 0 Å². The standard InChI is InChI=1S/C24H26N2O4S/c1-5-30-19-12-10-18(11-13-19)25-21(27)15-26-22(28)20(31-23(26)29)14-16-6-8-17(9-7-16)24(2,3)4/h6-14H,5,15H2,1-4H3,(H,25,27)/b20-14-. The molecule has 0 unspecified atom stereocenters. The predicted molar refractivity (Wildman–Crippen MR) is 124 cm³/mol. The number of nitrogens with zero attached hydrogens (tertiary/aromatic N) is 1. The molecule has 1 saturated heterocycles. The van der Waals surface area contributed by atoms with E-state index >= 15 is 0 Å². The maximum Gasteiger partial charge on any atom is 0.294 e. The van der Waals surface area contributed by atoms with Crippen LogP contribution in [0, 0.1) is 0 Å². The normalized spacial score (nSPS) is 15.5. The number of hydrogen-bond donors (Lipinski definition) is 1. The lowest BCUT2D eigenvalue weighted by Crippen LogP contribution is -2.36. The summed E-state index contributed by atoms with van der Waals surface area (Å²) in [5.41, 5.74) is 2.61. The summed E-state index contributed by atoms with van der Waals surface area (Å²) < 4.78 is 5.37. The fourth-order valence-corrected chi connectivity index (χ4v) is 3.85. The summed E-state index contributed by atoms with van der Waals surface area (Å²) in [6.45, 7) is 8.50. The van der Waals surface area contributed by atoms with Crippen molar-refractivity contribution >= 4 is 40.6 Å². The largest absolute Gasteiger partial charge is 0.494 e. The van der Waals surface area contributed by atoms with Crippen LogP contribution in [0.15, 0.2) is 53.4 Å². The average Bonchev–Trinajstić information content (AvgIpc) is 2.97. The molecule has 0 atom stereocenters. The molecule has 0 aromatic heterocycles. The van der Waals surface area contributed by atoms with Crippen LogP contribution in [0.25, 0.3) is 6.08 Å². The van der Waals surface area contributed by atoms with Crippen LogP contribution in [0.5, 0.6) is 5.75 Å². The Morgan fingerprint density at radius 2 is 1.71 bits per heavy atom. The average molecular weight is 439 g/mol. The van der Waals surface area contributed by atoms with Gasteiger partial charge in [-0.1, -0.05) is 45.0 Å². The van der Waals surface area contributed by atoms with Gasteiger partial charge in [-0.05, 0) is 65.6 Å². The van der Waals surface area contributed by atoms with Crippen LogP contribution in [0.1, 0.15) is 38.8 Å². The Kier molecular flexibility index (Phi) is 6.85. The van der Waals surface area contributed by atoms with Gasteiger partial charge in [0.05, 0.1) is 11.5 Å². The Hall–Kier alpha value is -3.06. The molecule has 0 radical (unpaired) electrons. The Balaban J connectivity index is 1.64. The number of ether oxygens (including phenoxy) is 1. The Morgan fingerprint density at radius 3 is 2.29 bits per heavy atom. The van der Waals surface area contributed by atoms with E-state index < -0.39 is 17.1 Å². The van der Waals surface area contributed by atoms with E-state index in [1.54, 1.807) is 30.3 Å². The summed E-state index contributed by atoms with van der Waals surface area (Å²) in [4.78, 5) is 38.6. The topological polar surface area (TPSA) is 75.7 Å². The summed E-state index contributed by atoms with van der Waals surface area (Å²) in [5, 5.41) is 2.24. The van der Waals surface area contributed by atoms with Gasteiger partial charge >= 0.3 is 0 Å². The molecule has 3 rings (SSSR count). The van der Waals surface area contributed by atoms with E-state index in [0.29, 0.717) is 22.9 Å². The van der Waals surface area contributed by atoms with Crippen LogP contribution in [0.2, 0.25) is 0 Å². The summed E-state index contributed by atoms with van der Waals surface area (Å²) in [6.07, 6.45) is 1.68. The highest BCUT2D eigenvalue weighted by Gasteiger charge is 2.36. The first-order valence-corrected chi connectivity index (χ1v) is 10.9. The zero-order chi connectivity index (χ0) is 22.6. The van der Waals surface area contributed by atoms with Crippen molar-refractivity contribution in [1.82, 2.24) is 4.90 Å². The minimum absolute atomic E-state index is 0.0348. The highest BCUT2D eigenvalue weighted by Crippen LogP contribution is 2.32. The molecule has 2 aromatic carbocycles. The number of carbonyl (C=O) groups excluding carboxylic acids is 3. The molecule has 6 nitrogen and oxygen atoms in total. The van der Waals surface area contributed by atoms with Crippen LogP contribution >= 0.6 is 11.8 Å². The maximum atomic E-state index is 12.7. The molecule has 1 aliphatic heterocycles. The molecule has 0 saturated carbocycles. The number of thioether (sulfide) groups is 1. The Bertz CT molecular complexity index is 1010. The minimum Gasteiger partial charge on any atom is -0.494 e. The molecule has 0 spiro atoms. The third-order valence-electron chi connectivity index (χ3n) is 4.70. The van der Waals surface area contributed by atoms with Crippen molar-refractivity contribution in [1.29, 1.82) is 0 Å². The van der Waals surface area contributed by atoms with Gasteiger partial charge in [0.25, 0.3) is 11.1 Å². The van der Waals surface area contributed by atoms with Crippen molar-refractivity contribution in [2.45, 2.75) is 33.1 Å².